The lowest BCUT2D eigenvalue weighted by molar-refractivity contribution is -0.120. The Hall–Kier alpha value is -3.26. The van der Waals surface area contributed by atoms with Gasteiger partial charge in [-0.05, 0) is 62.4 Å². The van der Waals surface area contributed by atoms with E-state index >= 15 is 0 Å². The van der Waals surface area contributed by atoms with E-state index in [9.17, 15) is 9.59 Å². The van der Waals surface area contributed by atoms with Crippen molar-refractivity contribution in [2.75, 3.05) is 26.6 Å². The fourth-order valence-corrected chi connectivity index (χ4v) is 3.16. The lowest BCUT2D eigenvalue weighted by Gasteiger charge is -2.25. The zero-order valence-electron chi connectivity index (χ0n) is 17.3. The van der Waals surface area contributed by atoms with Crippen LogP contribution in [0, 0.1) is 6.92 Å². The van der Waals surface area contributed by atoms with Crippen LogP contribution in [0.1, 0.15) is 18.1 Å². The number of nitrogens with one attached hydrogen (secondary N) is 3. The van der Waals surface area contributed by atoms with Crippen LogP contribution in [0.3, 0.4) is 0 Å². The smallest absolute Gasteiger partial charge is 0.323 e. The summed E-state index contributed by atoms with van der Waals surface area (Å²) in [7, 11) is 5.11. The molecule has 3 N–H and O–H groups in total. The maximum atomic E-state index is 12.7. The second-order valence-corrected chi connectivity index (χ2v) is 7.05. The zero-order valence-corrected chi connectivity index (χ0v) is 17.3. The number of methoxy groups -OCH3 is 2. The first kappa shape index (κ1) is 20.5. The molecule has 1 amide bonds. The van der Waals surface area contributed by atoms with Gasteiger partial charge >= 0.3 is 5.69 Å². The highest BCUT2D eigenvalue weighted by atomic mass is 16.5. The monoisotopic (exact) mass is 398 g/mol. The number of hydrogen-bond donors (Lipinski definition) is 3. The van der Waals surface area contributed by atoms with Crippen molar-refractivity contribution in [1.29, 1.82) is 0 Å². The zero-order chi connectivity index (χ0) is 21.1. The molecule has 0 spiro atoms. The molecule has 8 heteroatoms. The number of nitrogens with zero attached hydrogens (tertiary/aromatic N) is 1. The Morgan fingerprint density at radius 1 is 1.10 bits per heavy atom. The number of ether oxygens (including phenoxy) is 2. The van der Waals surface area contributed by atoms with Crippen molar-refractivity contribution in [3.63, 3.8) is 0 Å². The maximum Gasteiger partial charge on any atom is 0.323 e. The number of benzene rings is 2. The fourth-order valence-electron chi connectivity index (χ4n) is 3.16. The lowest BCUT2D eigenvalue weighted by Crippen LogP contribution is -2.39. The number of H-pyrrole nitrogens is 2. The van der Waals surface area contributed by atoms with E-state index in [1.54, 1.807) is 32.4 Å². The van der Waals surface area contributed by atoms with Crippen molar-refractivity contribution >= 4 is 22.6 Å². The van der Waals surface area contributed by atoms with Crippen LogP contribution in [0.4, 0.5) is 5.69 Å². The van der Waals surface area contributed by atoms with Crippen molar-refractivity contribution in [3.05, 3.63) is 51.9 Å². The molecule has 0 aliphatic rings. The highest BCUT2D eigenvalue weighted by Gasteiger charge is 2.20. The van der Waals surface area contributed by atoms with Crippen LogP contribution in [-0.4, -0.2) is 48.1 Å². The molecule has 0 aliphatic carbocycles. The minimum absolute atomic E-state index is 0.136. The summed E-state index contributed by atoms with van der Waals surface area (Å²) in [4.78, 5) is 31.4. The van der Waals surface area contributed by atoms with E-state index in [-0.39, 0.29) is 17.6 Å². The van der Waals surface area contributed by atoms with Gasteiger partial charge in [-0.1, -0.05) is 0 Å². The number of aryl methyl sites for hydroxylation is 1. The quantitative estimate of drug-likeness (QED) is 0.568. The van der Waals surface area contributed by atoms with Crippen molar-refractivity contribution in [2.24, 2.45) is 0 Å². The standard InChI is InChI=1S/C21H26N4O4/c1-12-8-18(28-4)19(29-5)9-14(12)11-25(3)13(2)20(26)22-15-6-7-16-17(10-15)24-21(27)23-16/h6-10,13H,11H2,1-5H3,(H,22,26)(H2,23,24,27)/t13-/m0/s1. The number of rotatable bonds is 7. The Balaban J connectivity index is 1.71. The Bertz CT molecular complexity index is 1090. The number of likely N-dealkylation sites (N-methyl/N-ethyl adjacent to an activating group) is 1. The van der Waals surface area contributed by atoms with Gasteiger partial charge in [0, 0.05) is 12.2 Å². The molecule has 0 bridgehead atoms. The van der Waals surface area contributed by atoms with E-state index in [1.807, 2.05) is 37.9 Å². The van der Waals surface area contributed by atoms with Crippen LogP contribution in [0.15, 0.2) is 35.1 Å². The largest absolute Gasteiger partial charge is 0.493 e. The summed E-state index contributed by atoms with van der Waals surface area (Å²) in [5.41, 5.74) is 3.80. The van der Waals surface area contributed by atoms with Crippen LogP contribution in [0.5, 0.6) is 11.5 Å². The molecule has 154 valence electrons. The number of imidazole rings is 1. The van der Waals surface area contributed by atoms with Crippen LogP contribution >= 0.6 is 0 Å². The predicted molar refractivity (Wildman–Crippen MR) is 113 cm³/mol. The van der Waals surface area contributed by atoms with Gasteiger partial charge in [-0.15, -0.1) is 0 Å². The number of fused-ring (bicyclic) bond motifs is 1. The normalized spacial score (nSPS) is 12.2. The minimum Gasteiger partial charge on any atom is -0.493 e. The summed E-state index contributed by atoms with van der Waals surface area (Å²) in [6, 6.07) is 8.74. The minimum atomic E-state index is -0.372. The molecular weight excluding hydrogens is 372 g/mol. The van der Waals surface area contributed by atoms with E-state index in [4.69, 9.17) is 9.47 Å². The summed E-state index contributed by atoms with van der Waals surface area (Å²) in [5.74, 6) is 1.20. The first-order valence-electron chi connectivity index (χ1n) is 9.27. The van der Waals surface area contributed by atoms with Gasteiger partial charge in [0.2, 0.25) is 5.91 Å². The molecule has 3 aromatic rings. The van der Waals surface area contributed by atoms with E-state index in [0.29, 0.717) is 34.8 Å². The third kappa shape index (κ3) is 4.43. The predicted octanol–water partition coefficient (Wildman–Crippen LogP) is 2.64. The topological polar surface area (TPSA) is 99.5 Å². The summed E-state index contributed by atoms with van der Waals surface area (Å²) < 4.78 is 10.7. The number of carbonyl (C=O) groups excluding carboxylic acids is 1. The SMILES string of the molecule is COc1cc(C)c(CN(C)[C@@H](C)C(=O)Nc2ccc3[nH]c(=O)[nH]c3c2)cc1OC. The van der Waals surface area contributed by atoms with Crippen LogP contribution in [0.25, 0.3) is 11.0 Å². The highest BCUT2D eigenvalue weighted by Crippen LogP contribution is 2.31. The number of hydrogen-bond acceptors (Lipinski definition) is 5. The molecule has 1 aromatic heterocycles. The van der Waals surface area contributed by atoms with Gasteiger partial charge in [-0.2, -0.15) is 0 Å². The Morgan fingerprint density at radius 2 is 1.76 bits per heavy atom. The molecule has 0 saturated heterocycles. The number of anilines is 1. The molecule has 0 fully saturated rings. The molecule has 1 heterocycles. The summed E-state index contributed by atoms with van der Waals surface area (Å²) in [6.07, 6.45) is 0. The second-order valence-electron chi connectivity index (χ2n) is 7.05. The van der Waals surface area contributed by atoms with E-state index < -0.39 is 0 Å². The van der Waals surface area contributed by atoms with Crippen molar-refractivity contribution < 1.29 is 14.3 Å². The van der Waals surface area contributed by atoms with Gasteiger partial charge in [-0.25, -0.2) is 4.79 Å². The molecule has 29 heavy (non-hydrogen) atoms. The van der Waals surface area contributed by atoms with Gasteiger partial charge < -0.3 is 24.8 Å². The van der Waals surface area contributed by atoms with Gasteiger partial charge in [0.25, 0.3) is 0 Å². The van der Waals surface area contributed by atoms with Crippen molar-refractivity contribution in [2.45, 2.75) is 26.4 Å². The van der Waals surface area contributed by atoms with Crippen molar-refractivity contribution in [1.82, 2.24) is 14.9 Å². The fraction of sp³-hybridized carbons (Fsp3) is 0.333. The summed E-state index contributed by atoms with van der Waals surface area (Å²) in [5, 5.41) is 2.90. The third-order valence-electron chi connectivity index (χ3n) is 5.09. The third-order valence-corrected chi connectivity index (χ3v) is 5.09. The number of aromatic nitrogens is 2. The molecule has 2 aromatic carbocycles. The first-order valence-corrected chi connectivity index (χ1v) is 9.27. The maximum absolute atomic E-state index is 12.7. The van der Waals surface area contributed by atoms with Gasteiger partial charge in [0.15, 0.2) is 11.5 Å². The Labute approximate surface area is 168 Å². The number of aromatic amines is 2. The van der Waals surface area contributed by atoms with Gasteiger partial charge in [-0.3, -0.25) is 9.69 Å². The summed E-state index contributed by atoms with van der Waals surface area (Å²) in [6.45, 7) is 4.43. The molecule has 0 saturated carbocycles. The van der Waals surface area contributed by atoms with E-state index in [1.165, 1.54) is 0 Å². The Kier molecular flexibility index (Phi) is 5.93. The van der Waals surface area contributed by atoms with Gasteiger partial charge in [0.1, 0.15) is 0 Å². The van der Waals surface area contributed by atoms with Crippen LogP contribution in [-0.2, 0) is 11.3 Å². The second kappa shape index (κ2) is 8.40. The lowest BCUT2D eigenvalue weighted by atomic mass is 10.1. The average Bonchev–Trinajstić information content (AvgIpc) is 3.07. The highest BCUT2D eigenvalue weighted by molar-refractivity contribution is 5.96. The first-order chi connectivity index (χ1) is 13.8. The Morgan fingerprint density at radius 3 is 2.45 bits per heavy atom. The molecule has 0 radical (unpaired) electrons. The molecule has 0 aliphatic heterocycles. The van der Waals surface area contributed by atoms with Crippen LogP contribution < -0.4 is 20.5 Å². The number of carbonyl (C=O) groups is 1. The van der Waals surface area contributed by atoms with E-state index in [0.717, 1.165) is 11.1 Å². The molecule has 1 atom stereocenters. The molecule has 3 rings (SSSR count). The van der Waals surface area contributed by atoms with Crippen molar-refractivity contribution in [3.8, 4) is 11.5 Å². The molecule has 8 nitrogen and oxygen atoms in total. The average molecular weight is 398 g/mol. The van der Waals surface area contributed by atoms with Crippen LogP contribution in [0.2, 0.25) is 0 Å². The number of amides is 1. The summed E-state index contributed by atoms with van der Waals surface area (Å²) >= 11 is 0. The van der Waals surface area contributed by atoms with E-state index in [2.05, 4.69) is 15.3 Å². The van der Waals surface area contributed by atoms with Gasteiger partial charge in [0.05, 0.1) is 31.3 Å². The molecule has 0 unspecified atom stereocenters. The molecular formula is C21H26N4O4.